The third-order valence-corrected chi connectivity index (χ3v) is 5.66. The van der Waals surface area contributed by atoms with Gasteiger partial charge in [0.15, 0.2) is 5.58 Å². The van der Waals surface area contributed by atoms with E-state index < -0.39 is 0 Å². The van der Waals surface area contributed by atoms with Crippen LogP contribution in [0.2, 0.25) is 10.0 Å². The fourth-order valence-corrected chi connectivity index (χ4v) is 3.90. The molecule has 0 bridgehead atoms. The van der Waals surface area contributed by atoms with Gasteiger partial charge in [-0.1, -0.05) is 41.4 Å². The second kappa shape index (κ2) is 9.62. The van der Waals surface area contributed by atoms with Crippen LogP contribution in [0.5, 0.6) is 0 Å². The molecule has 0 unspecified atom stereocenters. The lowest BCUT2D eigenvalue weighted by Gasteiger charge is -2.06. The Morgan fingerprint density at radius 3 is 1.91 bits per heavy atom. The fourth-order valence-electron chi connectivity index (χ4n) is 3.52. The molecule has 4 aromatic carbocycles. The number of aromatic nitrogens is 1. The molecule has 0 fully saturated rings. The standard InChI is InChI=1S/C27H17Cl2N3O3/c28-19-7-1-4-16(12-19)25(33)30-21-9-3-6-18(14-21)27-32-23-11-10-22(15-24(23)35-27)31-26(34)17-5-2-8-20(29)13-17/h1-15H,(H,30,33)(H,31,34). The fraction of sp³-hybridized carbons (Fsp3) is 0. The molecule has 1 aromatic heterocycles. The lowest BCUT2D eigenvalue weighted by atomic mass is 10.1. The second-order valence-electron chi connectivity index (χ2n) is 7.71. The van der Waals surface area contributed by atoms with E-state index >= 15 is 0 Å². The highest BCUT2D eigenvalue weighted by Gasteiger charge is 2.13. The van der Waals surface area contributed by atoms with E-state index in [0.29, 0.717) is 55.1 Å². The zero-order valence-electron chi connectivity index (χ0n) is 18.1. The van der Waals surface area contributed by atoms with Crippen molar-refractivity contribution in [1.82, 2.24) is 4.98 Å². The molecule has 0 aliphatic rings. The van der Waals surface area contributed by atoms with Gasteiger partial charge in [-0.05, 0) is 66.7 Å². The third kappa shape index (κ3) is 5.19. The monoisotopic (exact) mass is 501 g/mol. The molecule has 2 N–H and O–H groups in total. The predicted octanol–water partition coefficient (Wildman–Crippen LogP) is 7.31. The molecule has 1 heterocycles. The van der Waals surface area contributed by atoms with Crippen LogP contribution in [-0.2, 0) is 0 Å². The number of carbonyl (C=O) groups excluding carboxylic acids is 2. The molecule has 0 aliphatic carbocycles. The highest BCUT2D eigenvalue weighted by molar-refractivity contribution is 6.31. The summed E-state index contributed by atoms with van der Waals surface area (Å²) in [4.78, 5) is 29.6. The third-order valence-electron chi connectivity index (χ3n) is 5.19. The molecule has 0 radical (unpaired) electrons. The number of oxazole rings is 1. The van der Waals surface area contributed by atoms with Gasteiger partial charge in [-0.25, -0.2) is 4.98 Å². The minimum absolute atomic E-state index is 0.276. The van der Waals surface area contributed by atoms with E-state index in [4.69, 9.17) is 27.6 Å². The minimum Gasteiger partial charge on any atom is -0.436 e. The number of carbonyl (C=O) groups is 2. The van der Waals surface area contributed by atoms with Crippen LogP contribution in [0.25, 0.3) is 22.6 Å². The van der Waals surface area contributed by atoms with Gasteiger partial charge in [0.05, 0.1) is 0 Å². The molecule has 35 heavy (non-hydrogen) atoms. The van der Waals surface area contributed by atoms with Gasteiger partial charge < -0.3 is 15.1 Å². The van der Waals surface area contributed by atoms with Crippen LogP contribution in [0.15, 0.2) is 95.4 Å². The summed E-state index contributed by atoms with van der Waals surface area (Å²) in [6.45, 7) is 0. The Hall–Kier alpha value is -4.13. The molecule has 2 amide bonds. The SMILES string of the molecule is O=C(Nc1cccc(-c2nc3ccc(NC(=O)c4cccc(Cl)c4)cc3o2)c1)c1cccc(Cl)c1. The number of anilines is 2. The first-order valence-corrected chi connectivity index (χ1v) is 11.3. The molecule has 5 aromatic rings. The van der Waals surface area contributed by atoms with Crippen molar-refractivity contribution in [2.24, 2.45) is 0 Å². The number of hydrogen-bond donors (Lipinski definition) is 2. The van der Waals surface area contributed by atoms with E-state index in [1.54, 1.807) is 84.9 Å². The Balaban J connectivity index is 1.35. The van der Waals surface area contributed by atoms with E-state index in [2.05, 4.69) is 15.6 Å². The summed E-state index contributed by atoms with van der Waals surface area (Å²) in [7, 11) is 0. The Morgan fingerprint density at radius 1 is 0.686 bits per heavy atom. The highest BCUT2D eigenvalue weighted by Crippen LogP contribution is 2.28. The number of amides is 2. The number of nitrogens with one attached hydrogen (secondary N) is 2. The number of halogens is 2. The summed E-state index contributed by atoms with van der Waals surface area (Å²) in [5.74, 6) is -0.172. The van der Waals surface area contributed by atoms with Gasteiger partial charge in [0, 0.05) is 44.2 Å². The van der Waals surface area contributed by atoms with Crippen molar-refractivity contribution in [1.29, 1.82) is 0 Å². The molecule has 0 atom stereocenters. The molecule has 8 heteroatoms. The molecule has 0 spiro atoms. The first-order chi connectivity index (χ1) is 16.9. The van der Waals surface area contributed by atoms with Crippen LogP contribution in [0.3, 0.4) is 0 Å². The summed E-state index contributed by atoms with van der Waals surface area (Å²) in [5, 5.41) is 6.66. The topological polar surface area (TPSA) is 84.2 Å². The average molecular weight is 502 g/mol. The lowest BCUT2D eigenvalue weighted by molar-refractivity contribution is 0.101. The van der Waals surface area contributed by atoms with Crippen LogP contribution < -0.4 is 10.6 Å². The summed E-state index contributed by atoms with van der Waals surface area (Å²) in [5.41, 5.74) is 3.89. The normalized spacial score (nSPS) is 10.8. The zero-order valence-corrected chi connectivity index (χ0v) is 19.6. The maximum atomic E-state index is 12.6. The largest absolute Gasteiger partial charge is 0.436 e. The van der Waals surface area contributed by atoms with Crippen molar-refractivity contribution in [2.75, 3.05) is 10.6 Å². The molecule has 0 aliphatic heterocycles. The quantitative estimate of drug-likeness (QED) is 0.264. The van der Waals surface area contributed by atoms with Crippen LogP contribution in [0.4, 0.5) is 11.4 Å². The number of benzene rings is 4. The summed E-state index contributed by atoms with van der Waals surface area (Å²) >= 11 is 12.0. The average Bonchev–Trinajstić information content (AvgIpc) is 3.28. The van der Waals surface area contributed by atoms with Crippen LogP contribution in [0, 0.1) is 0 Å². The van der Waals surface area contributed by atoms with Crippen LogP contribution in [-0.4, -0.2) is 16.8 Å². The molecule has 6 nitrogen and oxygen atoms in total. The van der Waals surface area contributed by atoms with E-state index in [1.165, 1.54) is 0 Å². The van der Waals surface area contributed by atoms with Gasteiger partial charge in [0.2, 0.25) is 5.89 Å². The van der Waals surface area contributed by atoms with E-state index in [9.17, 15) is 9.59 Å². The Kier molecular flexibility index (Phi) is 6.23. The van der Waals surface area contributed by atoms with Crippen LogP contribution >= 0.6 is 23.2 Å². The molecular weight excluding hydrogens is 485 g/mol. The summed E-state index contributed by atoms with van der Waals surface area (Å²) in [6, 6.07) is 25.8. The summed E-state index contributed by atoms with van der Waals surface area (Å²) in [6.07, 6.45) is 0. The molecule has 0 saturated carbocycles. The van der Waals surface area contributed by atoms with Crippen molar-refractivity contribution in [3.05, 3.63) is 112 Å². The van der Waals surface area contributed by atoms with Gasteiger partial charge in [0.25, 0.3) is 11.8 Å². The highest BCUT2D eigenvalue weighted by atomic mass is 35.5. The van der Waals surface area contributed by atoms with Gasteiger partial charge in [-0.2, -0.15) is 0 Å². The number of fused-ring (bicyclic) bond motifs is 1. The Bertz CT molecular complexity index is 1580. The van der Waals surface area contributed by atoms with E-state index in [-0.39, 0.29) is 11.8 Å². The summed E-state index contributed by atoms with van der Waals surface area (Å²) < 4.78 is 5.95. The van der Waals surface area contributed by atoms with Crippen molar-refractivity contribution in [2.45, 2.75) is 0 Å². The number of hydrogen-bond acceptors (Lipinski definition) is 4. The Labute approximate surface area is 210 Å². The van der Waals surface area contributed by atoms with E-state index in [0.717, 1.165) is 0 Å². The van der Waals surface area contributed by atoms with Crippen molar-refractivity contribution >= 4 is 57.5 Å². The lowest BCUT2D eigenvalue weighted by Crippen LogP contribution is -2.11. The van der Waals surface area contributed by atoms with Crippen molar-refractivity contribution < 1.29 is 14.0 Å². The maximum absolute atomic E-state index is 12.6. The van der Waals surface area contributed by atoms with Crippen molar-refractivity contribution in [3.63, 3.8) is 0 Å². The maximum Gasteiger partial charge on any atom is 0.255 e. The zero-order chi connectivity index (χ0) is 24.4. The Morgan fingerprint density at radius 2 is 1.29 bits per heavy atom. The van der Waals surface area contributed by atoms with Gasteiger partial charge >= 0.3 is 0 Å². The van der Waals surface area contributed by atoms with Gasteiger partial charge in [-0.3, -0.25) is 9.59 Å². The predicted molar refractivity (Wildman–Crippen MR) is 138 cm³/mol. The van der Waals surface area contributed by atoms with Gasteiger partial charge in [-0.15, -0.1) is 0 Å². The molecular formula is C27H17Cl2N3O3. The van der Waals surface area contributed by atoms with Gasteiger partial charge in [0.1, 0.15) is 5.52 Å². The molecule has 5 rings (SSSR count). The minimum atomic E-state index is -0.283. The van der Waals surface area contributed by atoms with Crippen molar-refractivity contribution in [3.8, 4) is 11.5 Å². The number of nitrogens with zero attached hydrogens (tertiary/aromatic N) is 1. The molecule has 0 saturated heterocycles. The van der Waals surface area contributed by atoms with Crippen LogP contribution in [0.1, 0.15) is 20.7 Å². The number of rotatable bonds is 5. The second-order valence-corrected chi connectivity index (χ2v) is 8.58. The first kappa shape index (κ1) is 22.7. The smallest absolute Gasteiger partial charge is 0.255 e. The van der Waals surface area contributed by atoms with E-state index in [1.807, 2.05) is 6.07 Å². The first-order valence-electron chi connectivity index (χ1n) is 10.6. The molecule has 172 valence electrons.